The Labute approximate surface area is 136 Å². The molecular weight excluding hydrogens is 290 g/mol. The van der Waals surface area contributed by atoms with Crippen molar-refractivity contribution in [3.63, 3.8) is 0 Å². The van der Waals surface area contributed by atoms with Crippen LogP contribution in [0.15, 0.2) is 60.7 Å². The van der Waals surface area contributed by atoms with Crippen molar-refractivity contribution < 1.29 is 14.3 Å². The molecule has 0 aromatic heterocycles. The number of rotatable bonds is 7. The largest absolute Gasteiger partial charge is 0.469 e. The van der Waals surface area contributed by atoms with Crippen molar-refractivity contribution >= 4 is 11.9 Å². The van der Waals surface area contributed by atoms with Crippen molar-refractivity contribution in [3.8, 4) is 0 Å². The molecule has 4 nitrogen and oxygen atoms in total. The number of nitrogens with one attached hydrogen (secondary N) is 1. The summed E-state index contributed by atoms with van der Waals surface area (Å²) < 4.78 is 4.59. The zero-order chi connectivity index (χ0) is 16.5. The van der Waals surface area contributed by atoms with Crippen LogP contribution in [-0.4, -0.2) is 25.5 Å². The molecule has 0 fully saturated rings. The summed E-state index contributed by atoms with van der Waals surface area (Å²) in [5.41, 5.74) is 1.90. The molecule has 0 radical (unpaired) electrons. The normalized spacial score (nSPS) is 10.3. The van der Waals surface area contributed by atoms with Crippen molar-refractivity contribution in [1.29, 1.82) is 0 Å². The number of methoxy groups -OCH3 is 1. The second kappa shape index (κ2) is 8.73. The Bertz CT molecular complexity index is 586. The Kier molecular flexibility index (Phi) is 6.36. The van der Waals surface area contributed by atoms with E-state index in [1.807, 2.05) is 60.7 Å². The van der Waals surface area contributed by atoms with Gasteiger partial charge in [-0.3, -0.25) is 9.59 Å². The van der Waals surface area contributed by atoms with Gasteiger partial charge in [0.05, 0.1) is 13.0 Å². The number of carbonyl (C=O) groups is 2. The van der Waals surface area contributed by atoms with Crippen LogP contribution in [0.5, 0.6) is 0 Å². The molecule has 1 N–H and O–H groups in total. The second-order valence-electron chi connectivity index (χ2n) is 5.23. The fourth-order valence-electron chi connectivity index (χ4n) is 2.43. The molecule has 2 aromatic rings. The third kappa shape index (κ3) is 4.95. The van der Waals surface area contributed by atoms with Gasteiger partial charge < -0.3 is 10.1 Å². The lowest BCUT2D eigenvalue weighted by Crippen LogP contribution is -2.31. The third-order valence-electron chi connectivity index (χ3n) is 3.61. The molecule has 2 aromatic carbocycles. The number of ether oxygens (including phenoxy) is 1. The first-order valence-electron chi connectivity index (χ1n) is 7.67. The molecule has 0 unspecified atom stereocenters. The van der Waals surface area contributed by atoms with E-state index in [1.54, 1.807) is 0 Å². The van der Waals surface area contributed by atoms with Crippen molar-refractivity contribution in [2.75, 3.05) is 13.7 Å². The Balaban J connectivity index is 2.06. The summed E-state index contributed by atoms with van der Waals surface area (Å²) in [6, 6.07) is 19.4. The van der Waals surface area contributed by atoms with Crippen LogP contribution in [0.4, 0.5) is 0 Å². The van der Waals surface area contributed by atoms with Gasteiger partial charge in [-0.15, -0.1) is 0 Å². The average molecular weight is 311 g/mol. The molecule has 1 amide bonds. The predicted octanol–water partition coefficient (Wildman–Crippen LogP) is 2.89. The Morgan fingerprint density at radius 1 is 0.957 bits per heavy atom. The minimum Gasteiger partial charge on any atom is -0.469 e. The maximum absolute atomic E-state index is 12.6. The molecule has 0 aliphatic rings. The first-order valence-corrected chi connectivity index (χ1v) is 7.67. The van der Waals surface area contributed by atoms with Gasteiger partial charge in [0, 0.05) is 13.0 Å². The minimum absolute atomic E-state index is 0.0627. The highest BCUT2D eigenvalue weighted by Gasteiger charge is 2.21. The van der Waals surface area contributed by atoms with Crippen LogP contribution in [-0.2, 0) is 14.3 Å². The van der Waals surface area contributed by atoms with Gasteiger partial charge in [0.15, 0.2) is 0 Å². The molecule has 4 heteroatoms. The summed E-state index contributed by atoms with van der Waals surface area (Å²) in [6.45, 7) is 0.449. The smallest absolute Gasteiger partial charge is 0.305 e. The monoisotopic (exact) mass is 311 g/mol. The Hall–Kier alpha value is -2.62. The lowest BCUT2D eigenvalue weighted by molar-refractivity contribution is -0.140. The van der Waals surface area contributed by atoms with E-state index < -0.39 is 0 Å². The minimum atomic E-state index is -0.351. The molecule has 0 aliphatic carbocycles. The number of hydrogen-bond donors (Lipinski definition) is 1. The number of carbonyl (C=O) groups excluding carboxylic acids is 2. The van der Waals surface area contributed by atoms with E-state index in [2.05, 4.69) is 10.1 Å². The van der Waals surface area contributed by atoms with Gasteiger partial charge in [-0.25, -0.2) is 0 Å². The van der Waals surface area contributed by atoms with E-state index in [9.17, 15) is 9.59 Å². The van der Waals surface area contributed by atoms with E-state index in [1.165, 1.54) is 7.11 Å². The van der Waals surface area contributed by atoms with E-state index in [0.717, 1.165) is 11.1 Å². The van der Waals surface area contributed by atoms with Gasteiger partial charge in [-0.05, 0) is 17.5 Å². The molecular formula is C19H21NO3. The molecule has 0 bridgehead atoms. The van der Waals surface area contributed by atoms with Crippen LogP contribution in [0.1, 0.15) is 29.9 Å². The molecule has 0 spiro atoms. The molecule has 0 saturated carbocycles. The standard InChI is InChI=1S/C19H21NO3/c1-23-17(21)13-8-14-20-19(22)18(15-9-4-2-5-10-15)16-11-6-3-7-12-16/h2-7,9-12,18H,8,13-14H2,1H3,(H,20,22). The van der Waals surface area contributed by atoms with Gasteiger partial charge in [0.2, 0.25) is 5.91 Å². The Morgan fingerprint density at radius 2 is 1.48 bits per heavy atom. The molecule has 0 aliphatic heterocycles. The lowest BCUT2D eigenvalue weighted by atomic mass is 9.90. The van der Waals surface area contributed by atoms with E-state index in [-0.39, 0.29) is 17.8 Å². The number of esters is 1. The summed E-state index contributed by atoms with van der Waals surface area (Å²) in [6.07, 6.45) is 0.868. The van der Waals surface area contributed by atoms with Crippen LogP contribution in [0.3, 0.4) is 0 Å². The molecule has 2 rings (SSSR count). The first kappa shape index (κ1) is 16.7. The molecule has 0 saturated heterocycles. The van der Waals surface area contributed by atoms with Crippen LogP contribution >= 0.6 is 0 Å². The van der Waals surface area contributed by atoms with Crippen molar-refractivity contribution in [3.05, 3.63) is 71.8 Å². The Morgan fingerprint density at radius 3 is 1.96 bits per heavy atom. The topological polar surface area (TPSA) is 55.4 Å². The summed E-state index contributed by atoms with van der Waals surface area (Å²) in [5.74, 6) is -0.676. The van der Waals surface area contributed by atoms with Crippen molar-refractivity contribution in [1.82, 2.24) is 5.32 Å². The van der Waals surface area contributed by atoms with E-state index in [4.69, 9.17) is 0 Å². The van der Waals surface area contributed by atoms with E-state index in [0.29, 0.717) is 19.4 Å². The van der Waals surface area contributed by atoms with Crippen LogP contribution in [0.25, 0.3) is 0 Å². The quantitative estimate of drug-likeness (QED) is 0.632. The number of amides is 1. The first-order chi connectivity index (χ1) is 11.2. The summed E-state index contributed by atoms with van der Waals surface area (Å²) in [4.78, 5) is 23.7. The van der Waals surface area contributed by atoms with Crippen LogP contribution in [0, 0.1) is 0 Å². The summed E-state index contributed by atoms with van der Waals surface area (Å²) in [7, 11) is 1.36. The van der Waals surface area contributed by atoms with Gasteiger partial charge >= 0.3 is 5.97 Å². The number of benzene rings is 2. The zero-order valence-corrected chi connectivity index (χ0v) is 13.2. The third-order valence-corrected chi connectivity index (χ3v) is 3.61. The highest BCUT2D eigenvalue weighted by Crippen LogP contribution is 2.24. The van der Waals surface area contributed by atoms with Crippen LogP contribution < -0.4 is 5.32 Å². The molecule has 120 valence electrons. The second-order valence-corrected chi connectivity index (χ2v) is 5.23. The summed E-state index contributed by atoms with van der Waals surface area (Å²) >= 11 is 0. The predicted molar refractivity (Wildman–Crippen MR) is 89.0 cm³/mol. The van der Waals surface area contributed by atoms with Gasteiger partial charge in [-0.2, -0.15) is 0 Å². The van der Waals surface area contributed by atoms with Gasteiger partial charge in [-0.1, -0.05) is 60.7 Å². The number of hydrogen-bond acceptors (Lipinski definition) is 3. The SMILES string of the molecule is COC(=O)CCCNC(=O)C(c1ccccc1)c1ccccc1. The molecule has 0 heterocycles. The maximum Gasteiger partial charge on any atom is 0.305 e. The van der Waals surface area contributed by atoms with Crippen LogP contribution in [0.2, 0.25) is 0 Å². The van der Waals surface area contributed by atoms with Gasteiger partial charge in [0.25, 0.3) is 0 Å². The van der Waals surface area contributed by atoms with Crippen molar-refractivity contribution in [2.45, 2.75) is 18.8 Å². The average Bonchev–Trinajstić information content (AvgIpc) is 2.60. The highest BCUT2D eigenvalue weighted by atomic mass is 16.5. The summed E-state index contributed by atoms with van der Waals surface area (Å²) in [5, 5.41) is 2.91. The van der Waals surface area contributed by atoms with E-state index >= 15 is 0 Å². The molecule has 0 atom stereocenters. The lowest BCUT2D eigenvalue weighted by Gasteiger charge is -2.17. The maximum atomic E-state index is 12.6. The van der Waals surface area contributed by atoms with Crippen molar-refractivity contribution in [2.24, 2.45) is 0 Å². The molecule has 23 heavy (non-hydrogen) atoms. The van der Waals surface area contributed by atoms with Gasteiger partial charge in [0.1, 0.15) is 0 Å². The fourth-order valence-corrected chi connectivity index (χ4v) is 2.43. The highest BCUT2D eigenvalue weighted by molar-refractivity contribution is 5.87. The zero-order valence-electron chi connectivity index (χ0n) is 13.2. The fraction of sp³-hybridized carbons (Fsp3) is 0.263.